The van der Waals surface area contributed by atoms with Gasteiger partial charge in [0, 0.05) is 19.0 Å². The Kier molecular flexibility index (Phi) is 3.94. The van der Waals surface area contributed by atoms with Crippen molar-refractivity contribution in [3.05, 3.63) is 0 Å². The van der Waals surface area contributed by atoms with Gasteiger partial charge in [-0.2, -0.15) is 0 Å². The minimum absolute atomic E-state index is 0.203. The molecule has 1 atom stereocenters. The molecule has 94 valence electrons. The van der Waals surface area contributed by atoms with E-state index >= 15 is 0 Å². The summed E-state index contributed by atoms with van der Waals surface area (Å²) in [4.78, 5) is 14.2. The van der Waals surface area contributed by atoms with Gasteiger partial charge in [0.2, 0.25) is 5.91 Å². The highest BCUT2D eigenvalue weighted by Gasteiger charge is 2.38. The summed E-state index contributed by atoms with van der Waals surface area (Å²) >= 11 is 5.85. The highest BCUT2D eigenvalue weighted by Crippen LogP contribution is 2.35. The van der Waals surface area contributed by atoms with Crippen molar-refractivity contribution in [1.29, 1.82) is 0 Å². The molecule has 0 bridgehead atoms. The van der Waals surface area contributed by atoms with Gasteiger partial charge in [-0.25, -0.2) is 0 Å². The van der Waals surface area contributed by atoms with Crippen LogP contribution in [0.4, 0.5) is 0 Å². The van der Waals surface area contributed by atoms with Gasteiger partial charge in [-0.15, -0.1) is 11.6 Å². The van der Waals surface area contributed by atoms with Crippen molar-refractivity contribution < 1.29 is 4.79 Å². The van der Waals surface area contributed by atoms with Crippen LogP contribution in [0.5, 0.6) is 0 Å². The van der Waals surface area contributed by atoms with E-state index in [1.807, 2.05) is 18.7 Å². The number of carbonyl (C=O) groups excluding carboxylic acids is 1. The van der Waals surface area contributed by atoms with Crippen molar-refractivity contribution >= 4 is 17.5 Å². The maximum absolute atomic E-state index is 12.2. The summed E-state index contributed by atoms with van der Waals surface area (Å²) in [6.45, 7) is 12.4. The molecule has 1 heterocycles. The minimum Gasteiger partial charge on any atom is -0.342 e. The average Bonchev–Trinajstić information content (AvgIpc) is 2.64. The molecule has 1 amide bonds. The zero-order valence-electron chi connectivity index (χ0n) is 11.1. The van der Waals surface area contributed by atoms with Crippen LogP contribution in [0, 0.1) is 16.7 Å². The van der Waals surface area contributed by atoms with Gasteiger partial charge in [0.15, 0.2) is 0 Å². The third kappa shape index (κ3) is 2.91. The maximum atomic E-state index is 12.2. The molecule has 0 radical (unpaired) electrons. The van der Waals surface area contributed by atoms with Crippen molar-refractivity contribution in [2.75, 3.05) is 19.0 Å². The highest BCUT2D eigenvalue weighted by atomic mass is 35.5. The van der Waals surface area contributed by atoms with Crippen molar-refractivity contribution in [2.24, 2.45) is 16.7 Å². The Hall–Kier alpha value is -0.240. The first-order valence-corrected chi connectivity index (χ1v) is 6.57. The number of alkyl halides is 1. The first kappa shape index (κ1) is 13.8. The minimum atomic E-state index is -0.422. The highest BCUT2D eigenvalue weighted by molar-refractivity contribution is 6.19. The maximum Gasteiger partial charge on any atom is 0.229 e. The number of hydrogen-bond donors (Lipinski definition) is 0. The first-order chi connectivity index (χ1) is 7.18. The Morgan fingerprint density at radius 2 is 1.88 bits per heavy atom. The van der Waals surface area contributed by atoms with Crippen molar-refractivity contribution in [2.45, 2.75) is 41.0 Å². The Balaban J connectivity index is 2.64. The topological polar surface area (TPSA) is 20.3 Å². The number of hydrogen-bond acceptors (Lipinski definition) is 1. The van der Waals surface area contributed by atoms with Gasteiger partial charge in [0.05, 0.1) is 5.41 Å². The number of carbonyl (C=O) groups is 1. The second-order valence-electron chi connectivity index (χ2n) is 6.62. The van der Waals surface area contributed by atoms with E-state index in [0.29, 0.717) is 17.2 Å². The number of rotatable bonds is 2. The SMILES string of the molecule is CC(C)(CCl)C(=O)N1CCC(C(C)(C)C)C1. The van der Waals surface area contributed by atoms with E-state index in [4.69, 9.17) is 11.6 Å². The standard InChI is InChI=1S/C13H24ClNO/c1-12(2,3)10-6-7-15(8-10)11(16)13(4,5)9-14/h10H,6-9H2,1-5H3. The fourth-order valence-electron chi connectivity index (χ4n) is 2.14. The molecule has 1 saturated heterocycles. The molecule has 0 aliphatic carbocycles. The molecular weight excluding hydrogens is 222 g/mol. The molecule has 2 nitrogen and oxygen atoms in total. The van der Waals surface area contributed by atoms with Crippen LogP contribution < -0.4 is 0 Å². The van der Waals surface area contributed by atoms with Gasteiger partial charge in [0.1, 0.15) is 0 Å². The van der Waals surface area contributed by atoms with Crippen LogP contribution in [-0.2, 0) is 4.79 Å². The Morgan fingerprint density at radius 3 is 2.25 bits per heavy atom. The van der Waals surface area contributed by atoms with E-state index in [1.165, 1.54) is 0 Å². The molecule has 0 N–H and O–H groups in total. The predicted molar refractivity (Wildman–Crippen MR) is 68.6 cm³/mol. The zero-order valence-corrected chi connectivity index (χ0v) is 11.9. The van der Waals surface area contributed by atoms with Gasteiger partial charge >= 0.3 is 0 Å². The van der Waals surface area contributed by atoms with Crippen LogP contribution in [0.1, 0.15) is 41.0 Å². The summed E-state index contributed by atoms with van der Waals surface area (Å²) in [5, 5.41) is 0. The van der Waals surface area contributed by atoms with Crippen LogP contribution >= 0.6 is 11.6 Å². The van der Waals surface area contributed by atoms with Crippen LogP contribution in [-0.4, -0.2) is 29.8 Å². The van der Waals surface area contributed by atoms with E-state index in [9.17, 15) is 4.79 Å². The summed E-state index contributed by atoms with van der Waals surface area (Å²) in [5.74, 6) is 1.21. The normalized spacial score (nSPS) is 22.6. The summed E-state index contributed by atoms with van der Waals surface area (Å²) in [5.41, 5.74) is -0.130. The number of likely N-dealkylation sites (tertiary alicyclic amines) is 1. The quantitative estimate of drug-likeness (QED) is 0.685. The van der Waals surface area contributed by atoms with E-state index in [-0.39, 0.29) is 5.91 Å². The fraction of sp³-hybridized carbons (Fsp3) is 0.923. The van der Waals surface area contributed by atoms with E-state index in [1.54, 1.807) is 0 Å². The van der Waals surface area contributed by atoms with Gasteiger partial charge in [0.25, 0.3) is 0 Å². The lowest BCUT2D eigenvalue weighted by molar-refractivity contribution is -0.138. The molecule has 1 fully saturated rings. The summed E-state index contributed by atoms with van der Waals surface area (Å²) in [6.07, 6.45) is 1.12. The Labute approximate surface area is 104 Å². The fourth-order valence-corrected chi connectivity index (χ4v) is 2.25. The zero-order chi connectivity index (χ0) is 12.6. The second kappa shape index (κ2) is 4.56. The van der Waals surface area contributed by atoms with Gasteiger partial charge in [-0.3, -0.25) is 4.79 Å². The van der Waals surface area contributed by atoms with Crippen molar-refractivity contribution in [1.82, 2.24) is 4.90 Å². The molecule has 1 aliphatic rings. The van der Waals surface area contributed by atoms with E-state index < -0.39 is 5.41 Å². The molecule has 0 saturated carbocycles. The summed E-state index contributed by atoms with van der Waals surface area (Å²) in [7, 11) is 0. The number of nitrogens with zero attached hydrogens (tertiary/aromatic N) is 1. The largest absolute Gasteiger partial charge is 0.342 e. The molecule has 3 heteroatoms. The summed E-state index contributed by atoms with van der Waals surface area (Å²) < 4.78 is 0. The molecule has 1 unspecified atom stereocenters. The Morgan fingerprint density at radius 1 is 1.31 bits per heavy atom. The van der Waals surface area contributed by atoms with Gasteiger partial charge in [-0.1, -0.05) is 20.8 Å². The Bertz CT molecular complexity index is 268. The van der Waals surface area contributed by atoms with E-state index in [2.05, 4.69) is 20.8 Å². The molecule has 1 rings (SSSR count). The predicted octanol–water partition coefficient (Wildman–Crippen LogP) is 3.15. The average molecular weight is 246 g/mol. The van der Waals surface area contributed by atoms with Crippen LogP contribution in [0.15, 0.2) is 0 Å². The lowest BCUT2D eigenvalue weighted by atomic mass is 9.80. The summed E-state index contributed by atoms with van der Waals surface area (Å²) in [6, 6.07) is 0. The lowest BCUT2D eigenvalue weighted by Crippen LogP contribution is -2.41. The second-order valence-corrected chi connectivity index (χ2v) is 6.89. The third-order valence-electron chi connectivity index (χ3n) is 3.61. The monoisotopic (exact) mass is 245 g/mol. The van der Waals surface area contributed by atoms with Gasteiger partial charge < -0.3 is 4.90 Å². The van der Waals surface area contributed by atoms with Crippen LogP contribution in [0.3, 0.4) is 0 Å². The molecule has 0 aromatic rings. The number of halogens is 1. The molecule has 0 aromatic heterocycles. The van der Waals surface area contributed by atoms with Crippen molar-refractivity contribution in [3.63, 3.8) is 0 Å². The molecular formula is C13H24ClNO. The van der Waals surface area contributed by atoms with E-state index in [0.717, 1.165) is 19.5 Å². The lowest BCUT2D eigenvalue weighted by Gasteiger charge is -2.30. The first-order valence-electron chi connectivity index (χ1n) is 6.04. The van der Waals surface area contributed by atoms with Crippen molar-refractivity contribution in [3.8, 4) is 0 Å². The van der Waals surface area contributed by atoms with Crippen LogP contribution in [0.2, 0.25) is 0 Å². The third-order valence-corrected chi connectivity index (χ3v) is 4.28. The number of amides is 1. The molecule has 0 aromatic carbocycles. The van der Waals surface area contributed by atoms with Gasteiger partial charge in [-0.05, 0) is 31.6 Å². The smallest absolute Gasteiger partial charge is 0.229 e. The van der Waals surface area contributed by atoms with Crippen LogP contribution in [0.25, 0.3) is 0 Å². The molecule has 1 aliphatic heterocycles. The molecule has 0 spiro atoms. The molecule has 16 heavy (non-hydrogen) atoms.